The van der Waals surface area contributed by atoms with Crippen molar-refractivity contribution in [3.63, 3.8) is 0 Å². The molecule has 1 aliphatic heterocycles. The van der Waals surface area contributed by atoms with E-state index < -0.39 is 0 Å². The lowest BCUT2D eigenvalue weighted by Gasteiger charge is -2.13. The van der Waals surface area contributed by atoms with E-state index in [1.165, 1.54) is 0 Å². The lowest BCUT2D eigenvalue weighted by Crippen LogP contribution is -2.17. The van der Waals surface area contributed by atoms with Crippen molar-refractivity contribution in [3.8, 4) is 5.75 Å². The molecule has 1 fully saturated rings. The molecule has 3 heteroatoms. The molecule has 1 N–H and O–H groups in total. The predicted octanol–water partition coefficient (Wildman–Crippen LogP) is 3.08. The number of aliphatic hydroxyl groups excluding tert-OH is 1. The van der Waals surface area contributed by atoms with Crippen molar-refractivity contribution < 1.29 is 14.6 Å². The van der Waals surface area contributed by atoms with Crippen LogP contribution in [0, 0.1) is 0 Å². The summed E-state index contributed by atoms with van der Waals surface area (Å²) >= 11 is 0. The van der Waals surface area contributed by atoms with Gasteiger partial charge in [-0.1, -0.05) is 19.1 Å². The van der Waals surface area contributed by atoms with Crippen LogP contribution >= 0.6 is 0 Å². The van der Waals surface area contributed by atoms with Crippen LogP contribution < -0.4 is 4.74 Å². The molecule has 0 aliphatic carbocycles. The van der Waals surface area contributed by atoms with Crippen LogP contribution in [0.4, 0.5) is 0 Å². The van der Waals surface area contributed by atoms with Crippen molar-refractivity contribution >= 4 is 0 Å². The van der Waals surface area contributed by atoms with E-state index in [-0.39, 0.29) is 12.2 Å². The van der Waals surface area contributed by atoms with Gasteiger partial charge in [-0.05, 0) is 43.9 Å². The van der Waals surface area contributed by atoms with Crippen molar-refractivity contribution in [2.75, 3.05) is 6.61 Å². The summed E-state index contributed by atoms with van der Waals surface area (Å²) in [6, 6.07) is 7.66. The van der Waals surface area contributed by atoms with Crippen LogP contribution in [0.25, 0.3) is 0 Å². The summed E-state index contributed by atoms with van der Waals surface area (Å²) in [6.07, 6.45) is 3.14. The zero-order chi connectivity index (χ0) is 13.0. The summed E-state index contributed by atoms with van der Waals surface area (Å²) in [6.45, 7) is 4.68. The standard InChI is InChI=1S/C15H22O3/c1-3-15(16)12-5-8-13(9-6-12)17-10-14-7-4-11(2)18-14/h5-6,8-9,11,14-16H,3-4,7,10H2,1-2H3. The maximum Gasteiger partial charge on any atom is 0.119 e. The highest BCUT2D eigenvalue weighted by Crippen LogP contribution is 2.22. The molecule has 0 spiro atoms. The van der Waals surface area contributed by atoms with Gasteiger partial charge >= 0.3 is 0 Å². The number of benzene rings is 1. The summed E-state index contributed by atoms with van der Waals surface area (Å²) in [5.74, 6) is 0.838. The van der Waals surface area contributed by atoms with E-state index in [0.29, 0.717) is 12.7 Å². The minimum Gasteiger partial charge on any atom is -0.491 e. The molecular formula is C15H22O3. The smallest absolute Gasteiger partial charge is 0.119 e. The third-order valence-corrected chi connectivity index (χ3v) is 3.41. The number of ether oxygens (including phenoxy) is 2. The second-order valence-electron chi connectivity index (χ2n) is 4.95. The van der Waals surface area contributed by atoms with Gasteiger partial charge < -0.3 is 14.6 Å². The van der Waals surface area contributed by atoms with Crippen LogP contribution in [-0.4, -0.2) is 23.9 Å². The molecule has 100 valence electrons. The Labute approximate surface area is 109 Å². The Kier molecular flexibility index (Phi) is 4.61. The van der Waals surface area contributed by atoms with E-state index in [4.69, 9.17) is 9.47 Å². The molecule has 1 aromatic rings. The Morgan fingerprint density at radius 1 is 1.33 bits per heavy atom. The third-order valence-electron chi connectivity index (χ3n) is 3.41. The maximum absolute atomic E-state index is 9.69. The molecule has 18 heavy (non-hydrogen) atoms. The Morgan fingerprint density at radius 3 is 2.61 bits per heavy atom. The molecule has 3 unspecified atom stereocenters. The van der Waals surface area contributed by atoms with Gasteiger partial charge in [-0.25, -0.2) is 0 Å². The maximum atomic E-state index is 9.69. The highest BCUT2D eigenvalue weighted by molar-refractivity contribution is 5.28. The minimum absolute atomic E-state index is 0.223. The number of rotatable bonds is 5. The lowest BCUT2D eigenvalue weighted by atomic mass is 10.1. The van der Waals surface area contributed by atoms with Crippen molar-refractivity contribution in [1.29, 1.82) is 0 Å². The fourth-order valence-corrected chi connectivity index (χ4v) is 2.22. The van der Waals surface area contributed by atoms with Gasteiger partial charge in [-0.2, -0.15) is 0 Å². The molecular weight excluding hydrogens is 228 g/mol. The van der Waals surface area contributed by atoms with E-state index in [0.717, 1.165) is 30.6 Å². The summed E-state index contributed by atoms with van der Waals surface area (Å²) in [5.41, 5.74) is 0.940. The number of hydrogen-bond acceptors (Lipinski definition) is 3. The van der Waals surface area contributed by atoms with E-state index in [2.05, 4.69) is 6.92 Å². The molecule has 1 saturated heterocycles. The lowest BCUT2D eigenvalue weighted by molar-refractivity contribution is 0.0264. The second-order valence-corrected chi connectivity index (χ2v) is 4.95. The Hall–Kier alpha value is -1.06. The summed E-state index contributed by atoms with van der Waals surface area (Å²) in [4.78, 5) is 0. The first-order valence-electron chi connectivity index (χ1n) is 6.75. The number of hydrogen-bond donors (Lipinski definition) is 1. The fraction of sp³-hybridized carbons (Fsp3) is 0.600. The van der Waals surface area contributed by atoms with Gasteiger partial charge in [-0.15, -0.1) is 0 Å². The van der Waals surface area contributed by atoms with Crippen LogP contribution in [0.1, 0.15) is 44.8 Å². The summed E-state index contributed by atoms with van der Waals surface area (Å²) < 4.78 is 11.4. The first kappa shape index (κ1) is 13.4. The summed E-state index contributed by atoms with van der Waals surface area (Å²) in [5, 5.41) is 9.69. The molecule has 0 saturated carbocycles. The first-order chi connectivity index (χ1) is 8.69. The normalized spacial score (nSPS) is 25.1. The van der Waals surface area contributed by atoms with E-state index in [1.807, 2.05) is 31.2 Å². The number of aliphatic hydroxyl groups is 1. The van der Waals surface area contributed by atoms with Gasteiger partial charge in [-0.3, -0.25) is 0 Å². The van der Waals surface area contributed by atoms with Crippen LogP contribution in [0.15, 0.2) is 24.3 Å². The van der Waals surface area contributed by atoms with Crippen molar-refractivity contribution in [3.05, 3.63) is 29.8 Å². The van der Waals surface area contributed by atoms with Gasteiger partial charge in [0.25, 0.3) is 0 Å². The molecule has 1 aliphatic rings. The molecule has 0 amide bonds. The van der Waals surface area contributed by atoms with E-state index in [1.54, 1.807) is 0 Å². The third kappa shape index (κ3) is 3.47. The van der Waals surface area contributed by atoms with Crippen LogP contribution in [0.2, 0.25) is 0 Å². The van der Waals surface area contributed by atoms with Crippen molar-refractivity contribution in [1.82, 2.24) is 0 Å². The highest BCUT2D eigenvalue weighted by atomic mass is 16.5. The first-order valence-corrected chi connectivity index (χ1v) is 6.75. The molecule has 2 rings (SSSR count). The molecule has 3 nitrogen and oxygen atoms in total. The quantitative estimate of drug-likeness (QED) is 0.872. The van der Waals surface area contributed by atoms with Crippen LogP contribution in [-0.2, 0) is 4.74 Å². The molecule has 0 radical (unpaired) electrons. The van der Waals surface area contributed by atoms with Gasteiger partial charge in [0.05, 0.1) is 18.3 Å². The van der Waals surface area contributed by atoms with Gasteiger partial charge in [0, 0.05) is 0 Å². The van der Waals surface area contributed by atoms with Crippen LogP contribution in [0.5, 0.6) is 5.75 Å². The Bertz CT molecular complexity index is 361. The van der Waals surface area contributed by atoms with E-state index >= 15 is 0 Å². The summed E-state index contributed by atoms with van der Waals surface area (Å²) in [7, 11) is 0. The molecule has 1 aromatic carbocycles. The van der Waals surface area contributed by atoms with Gasteiger partial charge in [0.2, 0.25) is 0 Å². The Balaban J connectivity index is 1.83. The average molecular weight is 250 g/mol. The molecule has 0 aromatic heterocycles. The minimum atomic E-state index is -0.377. The van der Waals surface area contributed by atoms with Gasteiger partial charge in [0.1, 0.15) is 12.4 Å². The zero-order valence-electron chi connectivity index (χ0n) is 11.1. The Morgan fingerprint density at radius 2 is 2.06 bits per heavy atom. The largest absolute Gasteiger partial charge is 0.491 e. The molecule has 1 heterocycles. The van der Waals surface area contributed by atoms with Crippen molar-refractivity contribution in [2.45, 2.75) is 51.4 Å². The fourth-order valence-electron chi connectivity index (χ4n) is 2.22. The monoisotopic (exact) mass is 250 g/mol. The topological polar surface area (TPSA) is 38.7 Å². The van der Waals surface area contributed by atoms with E-state index in [9.17, 15) is 5.11 Å². The SMILES string of the molecule is CCC(O)c1ccc(OCC2CCC(C)O2)cc1. The second kappa shape index (κ2) is 6.21. The highest BCUT2D eigenvalue weighted by Gasteiger charge is 2.22. The predicted molar refractivity (Wildman–Crippen MR) is 70.8 cm³/mol. The van der Waals surface area contributed by atoms with Gasteiger partial charge in [0.15, 0.2) is 0 Å². The average Bonchev–Trinajstić information content (AvgIpc) is 2.82. The zero-order valence-corrected chi connectivity index (χ0v) is 11.1. The van der Waals surface area contributed by atoms with Crippen LogP contribution in [0.3, 0.4) is 0 Å². The molecule has 3 atom stereocenters. The molecule has 0 bridgehead atoms. The van der Waals surface area contributed by atoms with Crippen molar-refractivity contribution in [2.24, 2.45) is 0 Å².